The lowest BCUT2D eigenvalue weighted by atomic mass is 9.90. The Morgan fingerprint density at radius 3 is 2.76 bits per heavy atom. The van der Waals surface area contributed by atoms with Crippen molar-refractivity contribution >= 4 is 11.7 Å². The zero-order chi connectivity index (χ0) is 17.6. The number of rotatable bonds is 5. The number of amides is 1. The Balaban J connectivity index is 1.58. The van der Waals surface area contributed by atoms with Crippen LogP contribution in [0, 0.1) is 12.8 Å². The molecule has 1 atom stereocenters. The minimum atomic E-state index is -0.0424. The SMILES string of the molecule is Cc1cncc(C(=O)N2CCC[C@H](C(=O)CCc3ccccc3)C2)c1. The number of pyridine rings is 1. The van der Waals surface area contributed by atoms with Gasteiger partial charge in [-0.05, 0) is 43.4 Å². The van der Waals surface area contributed by atoms with Crippen molar-refractivity contribution in [2.45, 2.75) is 32.6 Å². The van der Waals surface area contributed by atoms with Crippen LogP contribution in [0.4, 0.5) is 0 Å². The number of benzene rings is 1. The maximum Gasteiger partial charge on any atom is 0.255 e. The van der Waals surface area contributed by atoms with Gasteiger partial charge in [-0.15, -0.1) is 0 Å². The molecule has 1 saturated heterocycles. The van der Waals surface area contributed by atoms with E-state index in [-0.39, 0.29) is 17.6 Å². The maximum absolute atomic E-state index is 12.7. The normalized spacial score (nSPS) is 17.3. The first-order valence-corrected chi connectivity index (χ1v) is 8.91. The predicted molar refractivity (Wildman–Crippen MR) is 97.4 cm³/mol. The minimum absolute atomic E-state index is 0.0169. The van der Waals surface area contributed by atoms with E-state index < -0.39 is 0 Å². The second-order valence-electron chi connectivity index (χ2n) is 6.79. The van der Waals surface area contributed by atoms with E-state index in [0.717, 1.165) is 31.4 Å². The fourth-order valence-electron chi connectivity index (χ4n) is 3.40. The summed E-state index contributed by atoms with van der Waals surface area (Å²) in [6.07, 6.45) is 6.42. The third-order valence-electron chi connectivity index (χ3n) is 4.79. The number of ketones is 1. The van der Waals surface area contributed by atoms with Gasteiger partial charge in [0.1, 0.15) is 5.78 Å². The highest BCUT2D eigenvalue weighted by Crippen LogP contribution is 2.21. The van der Waals surface area contributed by atoms with E-state index >= 15 is 0 Å². The van der Waals surface area contributed by atoms with Gasteiger partial charge >= 0.3 is 0 Å². The molecular weight excluding hydrogens is 312 g/mol. The Hall–Kier alpha value is -2.49. The Bertz CT molecular complexity index is 743. The molecule has 1 aliphatic rings. The number of piperidine rings is 1. The summed E-state index contributed by atoms with van der Waals surface area (Å²) in [5.41, 5.74) is 2.76. The van der Waals surface area contributed by atoms with Crippen LogP contribution in [-0.4, -0.2) is 34.7 Å². The first-order chi connectivity index (χ1) is 12.1. The van der Waals surface area contributed by atoms with E-state index in [9.17, 15) is 9.59 Å². The monoisotopic (exact) mass is 336 g/mol. The van der Waals surface area contributed by atoms with Gasteiger partial charge in [0.15, 0.2) is 0 Å². The quantitative estimate of drug-likeness (QED) is 0.840. The van der Waals surface area contributed by atoms with E-state index in [2.05, 4.69) is 17.1 Å². The molecule has 0 radical (unpaired) electrons. The Morgan fingerprint density at radius 2 is 2.00 bits per heavy atom. The highest BCUT2D eigenvalue weighted by molar-refractivity contribution is 5.94. The van der Waals surface area contributed by atoms with E-state index in [1.54, 1.807) is 12.4 Å². The summed E-state index contributed by atoms with van der Waals surface area (Å²) < 4.78 is 0. The summed E-state index contributed by atoms with van der Waals surface area (Å²) in [5.74, 6) is 0.208. The molecule has 1 aliphatic heterocycles. The highest BCUT2D eigenvalue weighted by Gasteiger charge is 2.28. The van der Waals surface area contributed by atoms with Gasteiger partial charge in [0.25, 0.3) is 5.91 Å². The van der Waals surface area contributed by atoms with Crippen LogP contribution in [0.1, 0.15) is 40.7 Å². The molecule has 0 N–H and O–H groups in total. The number of aromatic nitrogens is 1. The van der Waals surface area contributed by atoms with Gasteiger partial charge in [0.05, 0.1) is 5.56 Å². The first kappa shape index (κ1) is 17.3. The largest absolute Gasteiger partial charge is 0.338 e. The zero-order valence-corrected chi connectivity index (χ0v) is 14.6. The Labute approximate surface area is 148 Å². The molecule has 1 aromatic carbocycles. The molecular formula is C21H24N2O2. The molecule has 1 fully saturated rings. The van der Waals surface area contributed by atoms with Gasteiger partial charge < -0.3 is 4.90 Å². The fourth-order valence-corrected chi connectivity index (χ4v) is 3.40. The molecule has 130 valence electrons. The lowest BCUT2D eigenvalue weighted by Crippen LogP contribution is -2.42. The smallest absolute Gasteiger partial charge is 0.255 e. The van der Waals surface area contributed by atoms with E-state index in [1.807, 2.05) is 36.1 Å². The molecule has 0 saturated carbocycles. The molecule has 4 heteroatoms. The molecule has 1 aromatic heterocycles. The van der Waals surface area contributed by atoms with Crippen molar-refractivity contribution in [1.29, 1.82) is 0 Å². The highest BCUT2D eigenvalue weighted by atomic mass is 16.2. The number of carbonyl (C=O) groups excluding carboxylic acids is 2. The van der Waals surface area contributed by atoms with Crippen LogP contribution < -0.4 is 0 Å². The predicted octanol–water partition coefficient (Wildman–Crippen LogP) is 3.44. The summed E-state index contributed by atoms with van der Waals surface area (Å²) in [5, 5.41) is 0. The first-order valence-electron chi connectivity index (χ1n) is 8.91. The summed E-state index contributed by atoms with van der Waals surface area (Å²) in [6.45, 7) is 3.17. The van der Waals surface area contributed by atoms with Crippen molar-refractivity contribution in [3.63, 3.8) is 0 Å². The van der Waals surface area contributed by atoms with Gasteiger partial charge in [-0.25, -0.2) is 0 Å². The molecule has 0 aliphatic carbocycles. The molecule has 3 rings (SSSR count). The van der Waals surface area contributed by atoms with Gasteiger partial charge in [-0.3, -0.25) is 14.6 Å². The van der Waals surface area contributed by atoms with E-state index in [1.165, 1.54) is 5.56 Å². The van der Waals surface area contributed by atoms with Crippen LogP contribution in [0.25, 0.3) is 0 Å². The van der Waals surface area contributed by atoms with Gasteiger partial charge in [0, 0.05) is 37.8 Å². The Morgan fingerprint density at radius 1 is 1.20 bits per heavy atom. The van der Waals surface area contributed by atoms with Crippen molar-refractivity contribution in [1.82, 2.24) is 9.88 Å². The van der Waals surface area contributed by atoms with Gasteiger partial charge in [-0.1, -0.05) is 30.3 Å². The lowest BCUT2D eigenvalue weighted by Gasteiger charge is -2.32. The fraction of sp³-hybridized carbons (Fsp3) is 0.381. The topological polar surface area (TPSA) is 50.3 Å². The van der Waals surface area contributed by atoms with Crippen molar-refractivity contribution in [3.05, 3.63) is 65.5 Å². The number of hydrogen-bond donors (Lipinski definition) is 0. The number of hydrogen-bond acceptors (Lipinski definition) is 3. The molecule has 2 heterocycles. The number of nitrogens with zero attached hydrogens (tertiary/aromatic N) is 2. The third kappa shape index (κ3) is 4.53. The van der Waals surface area contributed by atoms with Crippen LogP contribution in [0.3, 0.4) is 0 Å². The average Bonchev–Trinajstić information content (AvgIpc) is 2.66. The minimum Gasteiger partial charge on any atom is -0.338 e. The second-order valence-corrected chi connectivity index (χ2v) is 6.79. The van der Waals surface area contributed by atoms with Crippen molar-refractivity contribution in [3.8, 4) is 0 Å². The van der Waals surface area contributed by atoms with Crippen molar-refractivity contribution < 1.29 is 9.59 Å². The zero-order valence-electron chi connectivity index (χ0n) is 14.6. The van der Waals surface area contributed by atoms with E-state index in [0.29, 0.717) is 18.5 Å². The lowest BCUT2D eigenvalue weighted by molar-refractivity contribution is -0.124. The molecule has 25 heavy (non-hydrogen) atoms. The van der Waals surface area contributed by atoms with Crippen molar-refractivity contribution in [2.24, 2.45) is 5.92 Å². The molecule has 2 aromatic rings. The van der Waals surface area contributed by atoms with Crippen LogP contribution >= 0.6 is 0 Å². The van der Waals surface area contributed by atoms with Crippen LogP contribution in [-0.2, 0) is 11.2 Å². The van der Waals surface area contributed by atoms with Gasteiger partial charge in [-0.2, -0.15) is 0 Å². The number of carbonyl (C=O) groups is 2. The molecule has 0 spiro atoms. The van der Waals surface area contributed by atoms with Crippen LogP contribution in [0.2, 0.25) is 0 Å². The Kier molecular flexibility index (Phi) is 5.59. The standard InChI is InChI=1S/C21H24N2O2/c1-16-12-19(14-22-13-16)21(25)23-11-5-8-18(15-23)20(24)10-9-17-6-3-2-4-7-17/h2-4,6-7,12-14,18H,5,8-11,15H2,1H3/t18-/m0/s1. The third-order valence-corrected chi connectivity index (χ3v) is 4.79. The van der Waals surface area contributed by atoms with Gasteiger partial charge in [0.2, 0.25) is 0 Å². The summed E-state index contributed by atoms with van der Waals surface area (Å²) in [7, 11) is 0. The number of likely N-dealkylation sites (tertiary alicyclic amines) is 1. The molecule has 1 amide bonds. The molecule has 0 bridgehead atoms. The van der Waals surface area contributed by atoms with Crippen LogP contribution in [0.5, 0.6) is 0 Å². The van der Waals surface area contributed by atoms with E-state index in [4.69, 9.17) is 0 Å². The number of aryl methyl sites for hydroxylation is 2. The molecule has 0 unspecified atom stereocenters. The van der Waals surface area contributed by atoms with Crippen LogP contribution in [0.15, 0.2) is 48.8 Å². The average molecular weight is 336 g/mol. The summed E-state index contributed by atoms with van der Waals surface area (Å²) in [4.78, 5) is 31.2. The molecule has 4 nitrogen and oxygen atoms in total. The number of Topliss-reactive ketones (excluding diaryl/α,β-unsaturated/α-hetero) is 1. The summed E-state index contributed by atoms with van der Waals surface area (Å²) in [6, 6.07) is 11.9. The van der Waals surface area contributed by atoms with Crippen molar-refractivity contribution in [2.75, 3.05) is 13.1 Å². The maximum atomic E-state index is 12.7. The summed E-state index contributed by atoms with van der Waals surface area (Å²) >= 11 is 0. The second kappa shape index (κ2) is 8.06.